The standard InChI is InChI=1S/C21H17BrN2O4/c22-16-7-1-2-8-17(16)23-18-9-4-10-19(25)21(18)15(12-20(23)26)13-5-3-6-14(11-13)24(27)28/h1-3,5-8,11,15H,4,9-10,12H2. The minimum absolute atomic E-state index is 0.0160. The highest BCUT2D eigenvalue weighted by Gasteiger charge is 2.40. The van der Waals surface area contributed by atoms with Gasteiger partial charge in [-0.15, -0.1) is 0 Å². The molecule has 6 nitrogen and oxygen atoms in total. The molecule has 142 valence electrons. The number of carbonyl (C=O) groups excluding carboxylic acids is 2. The zero-order valence-electron chi connectivity index (χ0n) is 14.9. The largest absolute Gasteiger partial charge is 0.294 e. The molecule has 1 atom stereocenters. The number of hydrogen-bond acceptors (Lipinski definition) is 4. The van der Waals surface area contributed by atoms with Crippen LogP contribution in [0.1, 0.15) is 37.2 Å². The predicted octanol–water partition coefficient (Wildman–Crippen LogP) is 4.88. The van der Waals surface area contributed by atoms with Crippen molar-refractivity contribution >= 4 is 39.0 Å². The summed E-state index contributed by atoms with van der Waals surface area (Å²) in [5.41, 5.74) is 2.64. The maximum Gasteiger partial charge on any atom is 0.269 e. The smallest absolute Gasteiger partial charge is 0.269 e. The number of Topliss-reactive ketones (excluding diaryl/α,β-unsaturated/α-hetero) is 1. The summed E-state index contributed by atoms with van der Waals surface area (Å²) in [4.78, 5) is 38.3. The van der Waals surface area contributed by atoms with Gasteiger partial charge in [-0.25, -0.2) is 0 Å². The molecule has 0 N–H and O–H groups in total. The lowest BCUT2D eigenvalue weighted by molar-refractivity contribution is -0.384. The number of allylic oxidation sites excluding steroid dienone is 2. The van der Waals surface area contributed by atoms with Crippen LogP contribution in [0, 0.1) is 10.1 Å². The Bertz CT molecular complexity index is 1030. The number of amides is 1. The second kappa shape index (κ2) is 7.31. The van der Waals surface area contributed by atoms with Crippen molar-refractivity contribution in [1.82, 2.24) is 0 Å². The average molecular weight is 441 g/mol. The summed E-state index contributed by atoms with van der Waals surface area (Å²) < 4.78 is 0.780. The van der Waals surface area contributed by atoms with Crippen LogP contribution in [0.2, 0.25) is 0 Å². The molecule has 2 aromatic rings. The first-order valence-corrected chi connectivity index (χ1v) is 9.84. The van der Waals surface area contributed by atoms with Gasteiger partial charge in [-0.2, -0.15) is 0 Å². The van der Waals surface area contributed by atoms with E-state index in [1.165, 1.54) is 12.1 Å². The Hall–Kier alpha value is -2.80. The quantitative estimate of drug-likeness (QED) is 0.502. The van der Waals surface area contributed by atoms with Crippen molar-refractivity contribution < 1.29 is 14.5 Å². The number of hydrogen-bond donors (Lipinski definition) is 0. The van der Waals surface area contributed by atoms with Gasteiger partial charge in [-0.3, -0.25) is 24.6 Å². The first-order chi connectivity index (χ1) is 13.5. The number of ketones is 1. The average Bonchev–Trinajstić information content (AvgIpc) is 2.68. The van der Waals surface area contributed by atoms with Crippen molar-refractivity contribution in [3.8, 4) is 0 Å². The van der Waals surface area contributed by atoms with Gasteiger partial charge in [0.25, 0.3) is 5.69 Å². The van der Waals surface area contributed by atoms with Crippen LogP contribution in [0.3, 0.4) is 0 Å². The first-order valence-electron chi connectivity index (χ1n) is 9.05. The third-order valence-corrected chi connectivity index (χ3v) is 5.92. The number of anilines is 1. The molecule has 0 aromatic heterocycles. The molecule has 1 amide bonds. The van der Waals surface area contributed by atoms with Gasteiger partial charge >= 0.3 is 0 Å². The Kier molecular flexibility index (Phi) is 4.85. The fourth-order valence-corrected chi connectivity index (χ4v) is 4.51. The van der Waals surface area contributed by atoms with Gasteiger partial charge in [0.1, 0.15) is 0 Å². The number of para-hydroxylation sites is 1. The molecule has 0 bridgehead atoms. The summed E-state index contributed by atoms with van der Waals surface area (Å²) in [5.74, 6) is -0.548. The highest BCUT2D eigenvalue weighted by atomic mass is 79.9. The summed E-state index contributed by atoms with van der Waals surface area (Å²) in [5, 5.41) is 11.2. The molecule has 4 rings (SSSR count). The molecule has 0 radical (unpaired) electrons. The SMILES string of the molecule is O=C1CCCC2=C1C(c1cccc([N+](=O)[O-])c1)CC(=O)N2c1ccccc1Br. The number of rotatable bonds is 3. The molecule has 1 unspecified atom stereocenters. The Balaban J connectivity index is 1.87. The van der Waals surface area contributed by atoms with Gasteiger partial charge in [0, 0.05) is 46.6 Å². The molecule has 7 heteroatoms. The van der Waals surface area contributed by atoms with E-state index in [0.29, 0.717) is 36.1 Å². The van der Waals surface area contributed by atoms with Crippen LogP contribution >= 0.6 is 15.9 Å². The predicted molar refractivity (Wildman–Crippen MR) is 108 cm³/mol. The van der Waals surface area contributed by atoms with Gasteiger partial charge < -0.3 is 0 Å². The molecule has 2 aromatic carbocycles. The summed E-state index contributed by atoms with van der Waals surface area (Å²) in [7, 11) is 0. The zero-order valence-corrected chi connectivity index (χ0v) is 16.5. The minimum Gasteiger partial charge on any atom is -0.294 e. The van der Waals surface area contributed by atoms with Gasteiger partial charge in [0.05, 0.1) is 10.6 Å². The van der Waals surface area contributed by atoms with Gasteiger partial charge in [-0.1, -0.05) is 24.3 Å². The van der Waals surface area contributed by atoms with E-state index in [-0.39, 0.29) is 23.8 Å². The van der Waals surface area contributed by atoms with Crippen molar-refractivity contribution in [1.29, 1.82) is 0 Å². The van der Waals surface area contributed by atoms with Crippen LogP contribution in [0.5, 0.6) is 0 Å². The number of benzene rings is 2. The molecular formula is C21H17BrN2O4. The lowest BCUT2D eigenvalue weighted by Gasteiger charge is -2.38. The second-order valence-corrected chi connectivity index (χ2v) is 7.78. The fraction of sp³-hybridized carbons (Fsp3) is 0.238. The van der Waals surface area contributed by atoms with E-state index in [1.807, 2.05) is 24.3 Å². The Morgan fingerprint density at radius 2 is 1.86 bits per heavy atom. The van der Waals surface area contributed by atoms with Crippen LogP contribution in [0.4, 0.5) is 11.4 Å². The normalized spacial score (nSPS) is 19.6. The Morgan fingerprint density at radius 3 is 2.61 bits per heavy atom. The van der Waals surface area contributed by atoms with Crippen molar-refractivity contribution in [2.45, 2.75) is 31.6 Å². The second-order valence-electron chi connectivity index (χ2n) is 6.93. The van der Waals surface area contributed by atoms with Gasteiger partial charge in [-0.05, 0) is 46.5 Å². The molecule has 1 aliphatic heterocycles. The summed E-state index contributed by atoms with van der Waals surface area (Å²) in [6, 6.07) is 13.7. The van der Waals surface area contributed by atoms with E-state index in [2.05, 4.69) is 15.9 Å². The number of nitrogens with zero attached hydrogens (tertiary/aromatic N) is 2. The molecule has 28 heavy (non-hydrogen) atoms. The van der Waals surface area contributed by atoms with Crippen LogP contribution in [-0.2, 0) is 9.59 Å². The van der Waals surface area contributed by atoms with Gasteiger partial charge in [0.2, 0.25) is 5.91 Å². The highest BCUT2D eigenvalue weighted by Crippen LogP contribution is 2.45. The van der Waals surface area contributed by atoms with Crippen LogP contribution in [0.25, 0.3) is 0 Å². The molecule has 0 fully saturated rings. The lowest BCUT2D eigenvalue weighted by Crippen LogP contribution is -2.40. The minimum atomic E-state index is -0.459. The lowest BCUT2D eigenvalue weighted by atomic mass is 9.77. The monoisotopic (exact) mass is 440 g/mol. The summed E-state index contributed by atoms with van der Waals surface area (Å²) in [6.45, 7) is 0. The van der Waals surface area contributed by atoms with E-state index < -0.39 is 10.8 Å². The highest BCUT2D eigenvalue weighted by molar-refractivity contribution is 9.10. The third kappa shape index (κ3) is 3.16. The van der Waals surface area contributed by atoms with Crippen molar-refractivity contribution in [3.63, 3.8) is 0 Å². The van der Waals surface area contributed by atoms with Crippen LogP contribution in [0.15, 0.2) is 64.3 Å². The molecular weight excluding hydrogens is 424 g/mol. The molecule has 2 aliphatic rings. The number of nitro groups is 1. The first kappa shape index (κ1) is 18.6. The number of nitro benzene ring substituents is 1. The summed E-state index contributed by atoms with van der Waals surface area (Å²) >= 11 is 3.50. The maximum absolute atomic E-state index is 13.1. The van der Waals surface area contributed by atoms with Crippen molar-refractivity contribution in [3.05, 3.63) is 80.0 Å². The van der Waals surface area contributed by atoms with E-state index in [0.717, 1.165) is 10.2 Å². The van der Waals surface area contributed by atoms with Crippen LogP contribution < -0.4 is 4.90 Å². The Labute approximate surface area is 170 Å². The molecule has 0 saturated heterocycles. The maximum atomic E-state index is 13.1. The molecule has 0 spiro atoms. The Morgan fingerprint density at radius 1 is 1.07 bits per heavy atom. The van der Waals surface area contributed by atoms with E-state index in [9.17, 15) is 19.7 Å². The van der Waals surface area contributed by atoms with E-state index in [4.69, 9.17) is 0 Å². The van der Waals surface area contributed by atoms with E-state index >= 15 is 0 Å². The zero-order chi connectivity index (χ0) is 19.8. The third-order valence-electron chi connectivity index (χ3n) is 5.25. The van der Waals surface area contributed by atoms with Crippen molar-refractivity contribution in [2.75, 3.05) is 4.90 Å². The van der Waals surface area contributed by atoms with Gasteiger partial charge in [0.15, 0.2) is 5.78 Å². The number of halogens is 1. The van der Waals surface area contributed by atoms with Crippen LogP contribution in [-0.4, -0.2) is 16.6 Å². The molecule has 1 heterocycles. The molecule has 1 aliphatic carbocycles. The number of carbonyl (C=O) groups is 2. The topological polar surface area (TPSA) is 80.5 Å². The van der Waals surface area contributed by atoms with E-state index in [1.54, 1.807) is 17.0 Å². The van der Waals surface area contributed by atoms with Crippen molar-refractivity contribution in [2.24, 2.45) is 0 Å². The summed E-state index contributed by atoms with van der Waals surface area (Å²) in [6.07, 6.45) is 1.85. The fourth-order valence-electron chi connectivity index (χ4n) is 4.05. The number of non-ortho nitro benzene ring substituents is 1. The molecule has 0 saturated carbocycles.